The highest BCUT2D eigenvalue weighted by molar-refractivity contribution is 5.79. The molecule has 1 amide bonds. The first-order valence-corrected chi connectivity index (χ1v) is 9.50. The van der Waals surface area contributed by atoms with Gasteiger partial charge in [-0.1, -0.05) is 13.3 Å². The lowest BCUT2D eigenvalue weighted by atomic mass is 9.92. The van der Waals surface area contributed by atoms with Crippen molar-refractivity contribution in [3.8, 4) is 0 Å². The van der Waals surface area contributed by atoms with E-state index >= 15 is 0 Å². The van der Waals surface area contributed by atoms with Gasteiger partial charge in [-0.15, -0.1) is 0 Å². The molecule has 3 heterocycles. The number of carbonyl (C=O) groups is 1. The summed E-state index contributed by atoms with van der Waals surface area (Å²) in [5.74, 6) is 0.415. The monoisotopic (exact) mass is 324 g/mol. The molecule has 3 rings (SSSR count). The molecule has 3 saturated heterocycles. The van der Waals surface area contributed by atoms with Crippen molar-refractivity contribution >= 4 is 5.91 Å². The average Bonchev–Trinajstić information content (AvgIpc) is 3.11. The quantitative estimate of drug-likeness (QED) is 0.840. The summed E-state index contributed by atoms with van der Waals surface area (Å²) in [7, 11) is 0. The minimum Gasteiger partial charge on any atom is -0.380 e. The molecule has 0 spiro atoms. The van der Waals surface area contributed by atoms with E-state index in [-0.39, 0.29) is 17.9 Å². The first-order chi connectivity index (χ1) is 11.3. The van der Waals surface area contributed by atoms with Crippen molar-refractivity contribution in [1.82, 2.24) is 10.2 Å². The molecule has 23 heavy (non-hydrogen) atoms. The molecule has 3 aliphatic heterocycles. The minimum atomic E-state index is 0.154. The van der Waals surface area contributed by atoms with Crippen molar-refractivity contribution in [1.29, 1.82) is 0 Å². The van der Waals surface area contributed by atoms with Crippen LogP contribution in [-0.4, -0.2) is 61.9 Å². The number of amides is 1. The Morgan fingerprint density at radius 1 is 1.17 bits per heavy atom. The average molecular weight is 324 g/mol. The van der Waals surface area contributed by atoms with Crippen molar-refractivity contribution in [2.45, 2.75) is 70.1 Å². The summed E-state index contributed by atoms with van der Waals surface area (Å²) in [5, 5.41) is 3.31. The number of hydrogen-bond acceptors (Lipinski definition) is 4. The second-order valence-corrected chi connectivity index (χ2v) is 7.34. The van der Waals surface area contributed by atoms with E-state index in [0.29, 0.717) is 12.1 Å². The fourth-order valence-corrected chi connectivity index (χ4v) is 4.18. The number of rotatable bonds is 5. The third-order valence-corrected chi connectivity index (χ3v) is 5.65. The highest BCUT2D eigenvalue weighted by Gasteiger charge is 2.31. The highest BCUT2D eigenvalue weighted by atomic mass is 16.5. The van der Waals surface area contributed by atoms with Crippen LogP contribution in [0.25, 0.3) is 0 Å². The molecular weight excluding hydrogens is 292 g/mol. The summed E-state index contributed by atoms with van der Waals surface area (Å²) in [6, 6.07) is 0.963. The zero-order valence-electron chi connectivity index (χ0n) is 14.5. The maximum absolute atomic E-state index is 12.6. The molecule has 5 nitrogen and oxygen atoms in total. The largest absolute Gasteiger partial charge is 0.380 e. The van der Waals surface area contributed by atoms with Gasteiger partial charge in [0.15, 0.2) is 0 Å². The Hall–Kier alpha value is -0.650. The SMILES string of the molecule is CCCC1CC(C(=O)NC2CCN(C3CCOC3)CC2)CCO1. The Labute approximate surface area is 140 Å². The van der Waals surface area contributed by atoms with E-state index in [1.54, 1.807) is 0 Å². The van der Waals surface area contributed by atoms with E-state index < -0.39 is 0 Å². The van der Waals surface area contributed by atoms with Crippen LogP contribution in [0.2, 0.25) is 0 Å². The van der Waals surface area contributed by atoms with Gasteiger partial charge in [0.25, 0.3) is 0 Å². The van der Waals surface area contributed by atoms with Gasteiger partial charge in [0.1, 0.15) is 0 Å². The summed E-state index contributed by atoms with van der Waals surface area (Å²) in [5.41, 5.74) is 0. The standard InChI is InChI=1S/C18H32N2O3/c1-2-3-17-12-14(6-11-23-17)18(21)19-15-4-8-20(9-5-15)16-7-10-22-13-16/h14-17H,2-13H2,1H3,(H,19,21). The first kappa shape index (κ1) is 17.2. The molecule has 5 heteroatoms. The van der Waals surface area contributed by atoms with Crippen LogP contribution in [0.4, 0.5) is 0 Å². The molecule has 1 N–H and O–H groups in total. The van der Waals surface area contributed by atoms with E-state index in [9.17, 15) is 4.79 Å². The number of carbonyl (C=O) groups excluding carboxylic acids is 1. The van der Waals surface area contributed by atoms with E-state index in [1.165, 1.54) is 0 Å². The summed E-state index contributed by atoms with van der Waals surface area (Å²) >= 11 is 0. The molecule has 3 unspecified atom stereocenters. The Balaban J connectivity index is 1.40. The summed E-state index contributed by atoms with van der Waals surface area (Å²) in [6.07, 6.45) is 7.58. The highest BCUT2D eigenvalue weighted by Crippen LogP contribution is 2.24. The normalized spacial score (nSPS) is 33.7. The molecule has 0 saturated carbocycles. The molecule has 0 radical (unpaired) electrons. The van der Waals surface area contributed by atoms with Gasteiger partial charge in [-0.25, -0.2) is 0 Å². The Bertz CT molecular complexity index is 374. The fraction of sp³-hybridized carbons (Fsp3) is 0.944. The van der Waals surface area contributed by atoms with Gasteiger partial charge in [0.2, 0.25) is 5.91 Å². The topological polar surface area (TPSA) is 50.8 Å². The predicted molar refractivity (Wildman–Crippen MR) is 89.3 cm³/mol. The number of nitrogens with one attached hydrogen (secondary N) is 1. The smallest absolute Gasteiger partial charge is 0.223 e. The third-order valence-electron chi connectivity index (χ3n) is 5.65. The fourth-order valence-electron chi connectivity index (χ4n) is 4.18. The van der Waals surface area contributed by atoms with E-state index in [0.717, 1.165) is 77.9 Å². The van der Waals surface area contributed by atoms with Gasteiger partial charge < -0.3 is 14.8 Å². The summed E-state index contributed by atoms with van der Waals surface area (Å²) < 4.78 is 11.2. The molecule has 3 fully saturated rings. The summed E-state index contributed by atoms with van der Waals surface area (Å²) in [6.45, 7) is 6.89. The Kier molecular flexibility index (Phi) is 6.31. The predicted octanol–water partition coefficient (Wildman–Crippen LogP) is 1.95. The maximum atomic E-state index is 12.6. The molecular formula is C18H32N2O3. The van der Waals surface area contributed by atoms with E-state index in [2.05, 4.69) is 17.1 Å². The van der Waals surface area contributed by atoms with E-state index in [4.69, 9.17) is 9.47 Å². The van der Waals surface area contributed by atoms with Crippen LogP contribution in [0.5, 0.6) is 0 Å². The van der Waals surface area contributed by atoms with Crippen LogP contribution >= 0.6 is 0 Å². The zero-order valence-corrected chi connectivity index (χ0v) is 14.5. The maximum Gasteiger partial charge on any atom is 0.223 e. The van der Waals surface area contributed by atoms with Gasteiger partial charge >= 0.3 is 0 Å². The van der Waals surface area contributed by atoms with Crippen LogP contribution in [-0.2, 0) is 14.3 Å². The lowest BCUT2D eigenvalue weighted by molar-refractivity contribution is -0.131. The van der Waals surface area contributed by atoms with Gasteiger partial charge in [-0.2, -0.15) is 0 Å². The number of piperidine rings is 1. The van der Waals surface area contributed by atoms with Crippen molar-refractivity contribution in [2.24, 2.45) is 5.92 Å². The van der Waals surface area contributed by atoms with Crippen LogP contribution in [0.3, 0.4) is 0 Å². The summed E-state index contributed by atoms with van der Waals surface area (Å²) in [4.78, 5) is 15.1. The Morgan fingerprint density at radius 3 is 2.70 bits per heavy atom. The van der Waals surface area contributed by atoms with Crippen molar-refractivity contribution in [2.75, 3.05) is 32.9 Å². The van der Waals surface area contributed by atoms with Crippen molar-refractivity contribution in [3.05, 3.63) is 0 Å². The third kappa shape index (κ3) is 4.68. The Morgan fingerprint density at radius 2 is 2.00 bits per heavy atom. The second-order valence-electron chi connectivity index (χ2n) is 7.34. The minimum absolute atomic E-state index is 0.154. The molecule has 132 valence electrons. The number of likely N-dealkylation sites (tertiary alicyclic amines) is 1. The zero-order chi connectivity index (χ0) is 16.1. The van der Waals surface area contributed by atoms with Crippen LogP contribution in [0.1, 0.15) is 51.9 Å². The lowest BCUT2D eigenvalue weighted by Gasteiger charge is -2.36. The second kappa shape index (κ2) is 8.45. The van der Waals surface area contributed by atoms with Gasteiger partial charge in [-0.05, 0) is 38.5 Å². The van der Waals surface area contributed by atoms with Crippen LogP contribution in [0, 0.1) is 5.92 Å². The van der Waals surface area contributed by atoms with Crippen LogP contribution in [0.15, 0.2) is 0 Å². The molecule has 3 aliphatic rings. The van der Waals surface area contributed by atoms with Gasteiger partial charge in [0, 0.05) is 44.3 Å². The molecule has 0 aromatic carbocycles. The molecule has 0 aromatic rings. The van der Waals surface area contributed by atoms with Crippen molar-refractivity contribution < 1.29 is 14.3 Å². The van der Waals surface area contributed by atoms with E-state index in [1.807, 2.05) is 0 Å². The molecule has 0 bridgehead atoms. The number of hydrogen-bond donors (Lipinski definition) is 1. The lowest BCUT2D eigenvalue weighted by Crippen LogP contribution is -2.49. The van der Waals surface area contributed by atoms with Crippen molar-refractivity contribution in [3.63, 3.8) is 0 Å². The molecule has 0 aliphatic carbocycles. The number of nitrogens with zero attached hydrogens (tertiary/aromatic N) is 1. The molecule has 0 aromatic heterocycles. The van der Waals surface area contributed by atoms with Crippen LogP contribution < -0.4 is 5.32 Å². The number of ether oxygens (including phenoxy) is 2. The van der Waals surface area contributed by atoms with Gasteiger partial charge in [-0.3, -0.25) is 9.69 Å². The molecule has 3 atom stereocenters. The first-order valence-electron chi connectivity index (χ1n) is 9.50. The van der Waals surface area contributed by atoms with Gasteiger partial charge in [0.05, 0.1) is 12.7 Å².